The molecular weight excluding hydrogens is 732 g/mol. The second-order valence-electron chi connectivity index (χ2n) is 14.5. The van der Waals surface area contributed by atoms with Crippen LogP contribution in [0.1, 0.15) is 80.5 Å². The Morgan fingerprint density at radius 1 is 0.842 bits per heavy atom. The van der Waals surface area contributed by atoms with E-state index in [0.29, 0.717) is 30.5 Å². The van der Waals surface area contributed by atoms with Gasteiger partial charge in [0.15, 0.2) is 11.6 Å². The highest BCUT2D eigenvalue weighted by Crippen LogP contribution is 2.44. The second-order valence-corrected chi connectivity index (χ2v) is 14.5. The maximum absolute atomic E-state index is 13.5. The van der Waals surface area contributed by atoms with Crippen LogP contribution in [0.15, 0.2) is 72.8 Å². The van der Waals surface area contributed by atoms with E-state index in [1.165, 1.54) is 4.90 Å². The molecular formula is C43H50N4O10. The van der Waals surface area contributed by atoms with E-state index >= 15 is 0 Å². The molecule has 5 N–H and O–H groups in total. The lowest BCUT2D eigenvalue weighted by atomic mass is 9.96. The molecule has 1 saturated heterocycles. The number of Topliss-reactive ketones (excluding diaryl/α,β-unsaturated/α-hetero) is 2. The first-order valence-electron chi connectivity index (χ1n) is 19.3. The van der Waals surface area contributed by atoms with Gasteiger partial charge in [-0.15, -0.1) is 0 Å². The van der Waals surface area contributed by atoms with E-state index in [4.69, 9.17) is 25.7 Å². The summed E-state index contributed by atoms with van der Waals surface area (Å²) in [6, 6.07) is 19.8. The quantitative estimate of drug-likeness (QED) is 0.117. The number of ketones is 2. The van der Waals surface area contributed by atoms with Crippen LogP contribution in [0.3, 0.4) is 0 Å². The number of rotatable bonds is 19. The molecule has 1 heterocycles. The van der Waals surface area contributed by atoms with Crippen molar-refractivity contribution in [2.45, 2.75) is 89.4 Å². The second kappa shape index (κ2) is 19.8. The minimum absolute atomic E-state index is 0.0387. The third-order valence-electron chi connectivity index (χ3n) is 10.3. The average molecular weight is 783 g/mol. The van der Waals surface area contributed by atoms with Crippen molar-refractivity contribution >= 4 is 41.4 Å². The molecule has 14 nitrogen and oxygen atoms in total. The van der Waals surface area contributed by atoms with Crippen LogP contribution >= 0.6 is 0 Å². The largest absolute Gasteiger partial charge is 0.465 e. The van der Waals surface area contributed by atoms with Crippen LogP contribution in [-0.4, -0.2) is 84.2 Å². The number of fused-ring (bicyclic) bond motifs is 3. The Kier molecular flexibility index (Phi) is 14.7. The van der Waals surface area contributed by atoms with Crippen LogP contribution in [0, 0.1) is 5.92 Å². The molecule has 0 spiro atoms. The van der Waals surface area contributed by atoms with E-state index in [0.717, 1.165) is 22.3 Å². The number of hydrogen-bond acceptors (Lipinski definition) is 11. The van der Waals surface area contributed by atoms with Gasteiger partial charge in [-0.2, -0.15) is 0 Å². The number of nitrogens with one attached hydrogen (secondary N) is 1. The molecule has 0 saturated carbocycles. The maximum atomic E-state index is 13.5. The summed E-state index contributed by atoms with van der Waals surface area (Å²) in [5.74, 6) is -4.27. The van der Waals surface area contributed by atoms with Gasteiger partial charge in [0, 0.05) is 37.6 Å². The molecule has 302 valence electrons. The van der Waals surface area contributed by atoms with Gasteiger partial charge in [-0.05, 0) is 59.6 Å². The van der Waals surface area contributed by atoms with Gasteiger partial charge in [-0.25, -0.2) is 4.79 Å². The molecule has 0 aromatic heterocycles. The van der Waals surface area contributed by atoms with E-state index in [1.807, 2.05) is 36.4 Å². The highest BCUT2D eigenvalue weighted by atomic mass is 16.6. The highest BCUT2D eigenvalue weighted by molar-refractivity contribution is 5.96. The molecule has 1 fully saturated rings. The van der Waals surface area contributed by atoms with Gasteiger partial charge >= 0.3 is 18.0 Å². The first-order chi connectivity index (χ1) is 27.4. The Morgan fingerprint density at radius 3 is 2.11 bits per heavy atom. The fraction of sp³-hybridized carbons (Fsp3) is 0.419. The summed E-state index contributed by atoms with van der Waals surface area (Å²) in [6.45, 7) is 3.83. The Labute approximate surface area is 331 Å². The predicted molar refractivity (Wildman–Crippen MR) is 208 cm³/mol. The molecule has 3 aromatic rings. The topological polar surface area (TPSA) is 214 Å². The SMILES string of the molecule is CCOC(=O)[C@H](N)CCC(=O)OCc1ccc(CC(=O)[C@H](CC(N)=O)NC(=O)[C@H](C)CC(=O)C2CCCN2C(=O)OCC2c3ccccc3-c3ccccc32)cc1. The standard InChI is InChI=1S/C43H50N4O10/c1-3-55-42(53)34(44)18-19-40(51)56-24-28-16-14-27(15-17-28)22-37(48)35(23-39(45)50)46-41(52)26(2)21-38(49)36-13-8-20-47(36)43(54)57-25-33-31-11-6-4-9-29(31)30-10-5-7-12-32(30)33/h4-7,9-12,14-17,26,33-36H,3,8,13,18-25,44H2,1-2H3,(H2,45,50)(H,46,52)/t26-,34-,35+,36?/m1/s1. The maximum Gasteiger partial charge on any atom is 0.410 e. The van der Waals surface area contributed by atoms with Crippen molar-refractivity contribution in [1.82, 2.24) is 10.2 Å². The van der Waals surface area contributed by atoms with E-state index in [9.17, 15) is 33.6 Å². The number of primary amides is 1. The van der Waals surface area contributed by atoms with Crippen molar-refractivity contribution in [1.29, 1.82) is 0 Å². The summed E-state index contributed by atoms with van der Waals surface area (Å²) in [7, 11) is 0. The zero-order valence-corrected chi connectivity index (χ0v) is 32.3. The summed E-state index contributed by atoms with van der Waals surface area (Å²) in [4.78, 5) is 90.5. The molecule has 1 aliphatic heterocycles. The van der Waals surface area contributed by atoms with Crippen LogP contribution in [0.2, 0.25) is 0 Å². The number of ether oxygens (including phenoxy) is 3. The number of likely N-dealkylation sites (tertiary alicyclic amines) is 1. The summed E-state index contributed by atoms with van der Waals surface area (Å²) < 4.78 is 15.9. The molecule has 0 radical (unpaired) electrons. The minimum atomic E-state index is -1.22. The molecule has 3 aromatic carbocycles. The smallest absolute Gasteiger partial charge is 0.410 e. The summed E-state index contributed by atoms with van der Waals surface area (Å²) in [5, 5.41) is 2.60. The van der Waals surface area contributed by atoms with Crippen LogP contribution < -0.4 is 16.8 Å². The monoisotopic (exact) mass is 782 g/mol. The van der Waals surface area contributed by atoms with Crippen LogP contribution in [0.5, 0.6) is 0 Å². The van der Waals surface area contributed by atoms with E-state index in [1.54, 1.807) is 38.1 Å². The normalized spacial score (nSPS) is 16.1. The summed E-state index contributed by atoms with van der Waals surface area (Å²) >= 11 is 0. The lowest BCUT2D eigenvalue weighted by Gasteiger charge is -2.25. The van der Waals surface area contributed by atoms with Gasteiger partial charge in [-0.1, -0.05) is 79.7 Å². The zero-order chi connectivity index (χ0) is 41.1. The van der Waals surface area contributed by atoms with Gasteiger partial charge in [0.1, 0.15) is 19.3 Å². The highest BCUT2D eigenvalue weighted by Gasteiger charge is 2.38. The number of carbonyl (C=O) groups is 7. The number of benzene rings is 3. The first-order valence-corrected chi connectivity index (χ1v) is 19.3. The average Bonchev–Trinajstić information content (AvgIpc) is 3.82. The van der Waals surface area contributed by atoms with Crippen molar-refractivity contribution in [2.24, 2.45) is 17.4 Å². The van der Waals surface area contributed by atoms with Gasteiger partial charge in [0.2, 0.25) is 11.8 Å². The van der Waals surface area contributed by atoms with E-state index in [2.05, 4.69) is 17.4 Å². The molecule has 3 amide bonds. The lowest BCUT2D eigenvalue weighted by molar-refractivity contribution is -0.147. The number of amides is 3. The predicted octanol–water partition coefficient (Wildman–Crippen LogP) is 3.88. The molecule has 1 aliphatic carbocycles. The molecule has 1 unspecified atom stereocenters. The van der Waals surface area contributed by atoms with Gasteiger partial charge < -0.3 is 31.0 Å². The fourth-order valence-corrected chi connectivity index (χ4v) is 7.24. The number of nitrogens with two attached hydrogens (primary N) is 2. The Hall–Kier alpha value is -5.89. The summed E-state index contributed by atoms with van der Waals surface area (Å²) in [5.41, 5.74) is 16.7. The summed E-state index contributed by atoms with van der Waals surface area (Å²) in [6.07, 6.45) is -0.272. The first kappa shape index (κ1) is 42.3. The van der Waals surface area contributed by atoms with E-state index in [-0.39, 0.29) is 57.2 Å². The zero-order valence-electron chi connectivity index (χ0n) is 32.3. The van der Waals surface area contributed by atoms with Crippen LogP contribution in [0.25, 0.3) is 11.1 Å². The number of carbonyl (C=O) groups excluding carboxylic acids is 7. The van der Waals surface area contributed by atoms with Crippen molar-refractivity contribution in [2.75, 3.05) is 19.8 Å². The minimum Gasteiger partial charge on any atom is -0.465 e. The molecule has 4 atom stereocenters. The fourth-order valence-electron chi connectivity index (χ4n) is 7.24. The molecule has 57 heavy (non-hydrogen) atoms. The van der Waals surface area contributed by atoms with E-state index < -0.39 is 66.1 Å². The third-order valence-corrected chi connectivity index (χ3v) is 10.3. The van der Waals surface area contributed by atoms with Crippen molar-refractivity contribution in [3.8, 4) is 11.1 Å². The number of nitrogens with zero attached hydrogens (tertiary/aromatic N) is 1. The lowest BCUT2D eigenvalue weighted by Crippen LogP contribution is -2.47. The molecule has 0 bridgehead atoms. The van der Waals surface area contributed by atoms with Crippen LogP contribution in [0.4, 0.5) is 4.79 Å². The molecule has 2 aliphatic rings. The van der Waals surface area contributed by atoms with Crippen molar-refractivity contribution < 1.29 is 47.8 Å². The van der Waals surface area contributed by atoms with Crippen molar-refractivity contribution in [3.63, 3.8) is 0 Å². The van der Waals surface area contributed by atoms with Crippen LogP contribution in [-0.2, 0) is 56.0 Å². The number of hydrogen-bond donors (Lipinski definition) is 3. The Bertz CT molecular complexity index is 1920. The van der Waals surface area contributed by atoms with Crippen molar-refractivity contribution in [3.05, 3.63) is 95.1 Å². The Balaban J connectivity index is 1.09. The van der Waals surface area contributed by atoms with Gasteiger partial charge in [-0.3, -0.25) is 33.7 Å². The Morgan fingerprint density at radius 2 is 1.47 bits per heavy atom. The molecule has 5 rings (SSSR count). The third kappa shape index (κ3) is 11.1. The van der Waals surface area contributed by atoms with Gasteiger partial charge in [0.25, 0.3) is 0 Å². The van der Waals surface area contributed by atoms with Gasteiger partial charge in [0.05, 0.1) is 25.1 Å². The molecule has 14 heteroatoms. The number of esters is 2.